The van der Waals surface area contributed by atoms with Crippen LogP contribution in [0.4, 0.5) is 9.59 Å². The standard InChI is InChI=1S/C40H42N8O6/c1-37(29-25-19-41-33(29)43-25)27-7-5-17-47(27)39(37,45-35(51)53-3)31(49)23-13-9-21(10-14-23)22-11-15-24(16-12-22)32(50)40(46-36(52)54-4)38(2,28-8-6-18-48(28)40)30-26-20-42-34(30)44-26/h9-16,19-20,27-30H,5-8,17-18H2,1-4H3,(H,41,43)(H,42,44)(H,45,51)(H,46,52)/t27-,28-,29+,30+,37-,38+,39-,40-/m1/s1. The fraction of sp³-hybridized carbons (Fsp3) is 0.450. The molecule has 0 aliphatic carbocycles. The van der Waals surface area contributed by atoms with E-state index in [1.54, 1.807) is 24.3 Å². The highest BCUT2D eigenvalue weighted by atomic mass is 16.5. The number of carbonyl (C=O) groups is 4. The van der Waals surface area contributed by atoms with E-state index in [0.29, 0.717) is 24.2 Å². The van der Waals surface area contributed by atoms with E-state index in [9.17, 15) is 19.2 Å². The van der Waals surface area contributed by atoms with Gasteiger partial charge in [-0.05, 0) is 36.8 Å². The molecule has 8 aliphatic heterocycles. The summed E-state index contributed by atoms with van der Waals surface area (Å²) in [5.41, 5.74) is 0.643. The van der Waals surface area contributed by atoms with E-state index in [-0.39, 0.29) is 35.5 Å². The molecule has 2 aromatic carbocycles. The van der Waals surface area contributed by atoms with Gasteiger partial charge in [-0.1, -0.05) is 62.4 Å². The Kier molecular flexibility index (Phi) is 6.84. The summed E-state index contributed by atoms with van der Waals surface area (Å²) in [7, 11) is 2.62. The molecular weight excluding hydrogens is 688 g/mol. The number of ether oxygens (including phenoxy) is 2. The summed E-state index contributed by atoms with van der Waals surface area (Å²) >= 11 is 0. The molecule has 4 aromatic rings. The number of carbonyl (C=O) groups excluding carboxylic acids is 4. The van der Waals surface area contributed by atoms with Crippen LogP contribution in [0.1, 0.15) is 95.1 Å². The van der Waals surface area contributed by atoms with Gasteiger partial charge in [0.05, 0.1) is 26.1 Å². The van der Waals surface area contributed by atoms with Gasteiger partial charge in [-0.25, -0.2) is 19.6 Å². The predicted octanol–water partition coefficient (Wildman–Crippen LogP) is 4.53. The van der Waals surface area contributed by atoms with E-state index < -0.39 is 34.3 Å². The predicted molar refractivity (Wildman–Crippen MR) is 194 cm³/mol. The number of alkyl carbamates (subject to hydrolysis) is 2. The Morgan fingerprint density at radius 2 is 1.06 bits per heavy atom. The van der Waals surface area contributed by atoms with Crippen molar-refractivity contribution in [2.75, 3.05) is 27.3 Å². The van der Waals surface area contributed by atoms with Crippen LogP contribution in [0.2, 0.25) is 0 Å². The van der Waals surface area contributed by atoms with Crippen LogP contribution >= 0.6 is 0 Å². The summed E-state index contributed by atoms with van der Waals surface area (Å²) in [6, 6.07) is 14.9. The topological polar surface area (TPSA) is 175 Å². The second kappa shape index (κ2) is 11.1. The summed E-state index contributed by atoms with van der Waals surface area (Å²) in [4.78, 5) is 75.3. The number of hydrogen-bond donors (Lipinski definition) is 4. The number of aromatic nitrogens is 4. The van der Waals surface area contributed by atoms with Gasteiger partial charge in [0.25, 0.3) is 0 Å². The zero-order valence-corrected chi connectivity index (χ0v) is 30.6. The third-order valence-electron chi connectivity index (χ3n) is 14.1. The van der Waals surface area contributed by atoms with E-state index in [1.165, 1.54) is 14.2 Å². The number of amides is 2. The van der Waals surface area contributed by atoms with Crippen LogP contribution in [0.5, 0.6) is 0 Å². The van der Waals surface area contributed by atoms with Crippen LogP contribution in [-0.4, -0.2) is 104 Å². The van der Waals surface area contributed by atoms with Crippen LogP contribution in [-0.2, 0) is 9.47 Å². The van der Waals surface area contributed by atoms with Crippen LogP contribution in [0.15, 0.2) is 60.9 Å². The first-order valence-corrected chi connectivity index (χ1v) is 18.7. The summed E-state index contributed by atoms with van der Waals surface area (Å²) < 4.78 is 10.2. The second-order valence-corrected chi connectivity index (χ2v) is 16.0. The highest BCUT2D eigenvalue weighted by Gasteiger charge is 2.79. The number of rotatable bonds is 9. The fourth-order valence-corrected chi connectivity index (χ4v) is 11.7. The average Bonchev–Trinajstić information content (AvgIpc) is 4.04. The summed E-state index contributed by atoms with van der Waals surface area (Å²) in [5, 5.41) is 6.05. The first-order chi connectivity index (χ1) is 26.0. The van der Waals surface area contributed by atoms with Gasteiger partial charge in [0.2, 0.25) is 11.6 Å². The highest BCUT2D eigenvalue weighted by Crippen LogP contribution is 2.67. The van der Waals surface area contributed by atoms with Crippen LogP contribution in [0.3, 0.4) is 0 Å². The molecule has 4 saturated heterocycles. The number of nitrogens with zero attached hydrogens (tertiary/aromatic N) is 4. The Labute approximate surface area is 311 Å². The van der Waals surface area contributed by atoms with Gasteiger partial charge >= 0.3 is 12.2 Å². The van der Waals surface area contributed by atoms with Gasteiger partial charge in [-0.2, -0.15) is 0 Å². The van der Waals surface area contributed by atoms with Crippen molar-refractivity contribution in [3.8, 4) is 11.1 Å². The number of methoxy groups -OCH3 is 2. The maximum atomic E-state index is 14.8. The lowest BCUT2D eigenvalue weighted by atomic mass is 9.51. The summed E-state index contributed by atoms with van der Waals surface area (Å²) in [5.74, 6) is 1.07. The van der Waals surface area contributed by atoms with E-state index >= 15 is 0 Å². The first-order valence-electron chi connectivity index (χ1n) is 18.7. The lowest BCUT2D eigenvalue weighted by molar-refractivity contribution is -0.179. The Hall–Kier alpha value is -5.34. The van der Waals surface area contributed by atoms with Gasteiger partial charge in [0.15, 0.2) is 11.3 Å². The minimum Gasteiger partial charge on any atom is -0.453 e. The molecule has 12 rings (SSSR count). The Bertz CT molecular complexity index is 2040. The molecule has 0 radical (unpaired) electrons. The molecule has 14 heteroatoms. The number of imidazole rings is 2. The second-order valence-electron chi connectivity index (χ2n) is 16.0. The first kappa shape index (κ1) is 33.2. The van der Waals surface area contributed by atoms with Crippen molar-refractivity contribution in [3.63, 3.8) is 0 Å². The normalized spacial score (nSPS) is 33.9. The lowest BCUT2D eigenvalue weighted by Crippen LogP contribution is -2.87. The Morgan fingerprint density at radius 1 is 0.667 bits per heavy atom. The van der Waals surface area contributed by atoms with E-state index in [4.69, 9.17) is 9.47 Å². The number of benzene rings is 2. The third kappa shape index (κ3) is 3.77. The molecule has 8 atom stereocenters. The van der Waals surface area contributed by atoms with Gasteiger partial charge < -0.3 is 19.4 Å². The van der Waals surface area contributed by atoms with Crippen LogP contribution in [0.25, 0.3) is 11.1 Å². The smallest absolute Gasteiger partial charge is 0.408 e. The molecule has 4 bridgehead atoms. The maximum absolute atomic E-state index is 14.8. The largest absolute Gasteiger partial charge is 0.453 e. The van der Waals surface area contributed by atoms with Gasteiger partial charge in [0.1, 0.15) is 11.6 Å². The molecule has 0 spiro atoms. The van der Waals surface area contributed by atoms with Crippen molar-refractivity contribution >= 4 is 23.8 Å². The summed E-state index contributed by atoms with van der Waals surface area (Å²) in [6.07, 6.45) is 6.00. The minimum atomic E-state index is -1.32. The van der Waals surface area contributed by atoms with Crippen LogP contribution in [0, 0.1) is 10.8 Å². The summed E-state index contributed by atoms with van der Waals surface area (Å²) in [6.45, 7) is 5.54. The number of Topliss-reactive ketones (excluding diaryl/α,β-unsaturated/α-hetero) is 2. The Morgan fingerprint density at radius 3 is 1.37 bits per heavy atom. The molecule has 8 aliphatic rings. The molecule has 4 fully saturated rings. The van der Waals surface area contributed by atoms with Crippen molar-refractivity contribution in [3.05, 3.63) is 95.1 Å². The van der Waals surface area contributed by atoms with Gasteiger partial charge in [0, 0.05) is 70.9 Å². The zero-order chi connectivity index (χ0) is 37.4. The van der Waals surface area contributed by atoms with Crippen molar-refractivity contribution in [2.45, 2.75) is 74.8 Å². The number of nitrogens with one attached hydrogen (secondary N) is 4. The van der Waals surface area contributed by atoms with Gasteiger partial charge in [-0.15, -0.1) is 0 Å². The molecule has 278 valence electrons. The van der Waals surface area contributed by atoms with Gasteiger partial charge in [-0.3, -0.25) is 30.0 Å². The number of ketones is 2. The molecule has 0 saturated carbocycles. The van der Waals surface area contributed by atoms with Crippen molar-refractivity contribution in [1.82, 2.24) is 40.4 Å². The number of aromatic amines is 2. The molecule has 14 nitrogen and oxygen atoms in total. The molecule has 10 heterocycles. The lowest BCUT2D eigenvalue weighted by Gasteiger charge is -2.69. The number of hydrogen-bond acceptors (Lipinski definition) is 10. The highest BCUT2D eigenvalue weighted by molar-refractivity contribution is 6.08. The molecule has 2 aromatic heterocycles. The molecule has 0 unspecified atom stereocenters. The molecular formula is C40H42N8O6. The van der Waals surface area contributed by atoms with E-state index in [0.717, 1.165) is 59.8 Å². The van der Waals surface area contributed by atoms with Crippen molar-refractivity contribution < 1.29 is 28.7 Å². The SMILES string of the molecule is COC(=O)N[C@]1(C(=O)c2ccc(-c3ccc(C(=O)[C@@]4(NC(=O)OC)N5CCC[C@@H]5[C@@]4(C)[C@H]4c5cnc4[nH]5)cc3)cc2)N2CCC[C@@H]2[C@]1(C)[C@H]1c2cnc1[nH]2. The van der Waals surface area contributed by atoms with Crippen molar-refractivity contribution in [2.24, 2.45) is 10.8 Å². The molecule has 2 amide bonds. The maximum Gasteiger partial charge on any atom is 0.408 e. The average molecular weight is 731 g/mol. The Balaban J connectivity index is 0.949. The van der Waals surface area contributed by atoms with Crippen molar-refractivity contribution in [1.29, 1.82) is 0 Å². The van der Waals surface area contributed by atoms with E-state index in [2.05, 4.69) is 54.2 Å². The quantitative estimate of drug-likeness (QED) is 0.179. The minimum absolute atomic E-state index is 0.0964. The monoisotopic (exact) mass is 730 g/mol. The molecule has 4 N–H and O–H groups in total. The third-order valence-corrected chi connectivity index (χ3v) is 14.1. The zero-order valence-electron chi connectivity index (χ0n) is 30.6. The van der Waals surface area contributed by atoms with Crippen LogP contribution < -0.4 is 10.6 Å². The number of H-pyrrole nitrogens is 2. The molecule has 54 heavy (non-hydrogen) atoms. The number of fused-ring (bicyclic) bond motifs is 4. The van der Waals surface area contributed by atoms with E-state index in [1.807, 2.05) is 36.7 Å². The fourth-order valence-electron chi connectivity index (χ4n) is 11.7.